The van der Waals surface area contributed by atoms with E-state index < -0.39 is 27.7 Å². The molecule has 2 rings (SSSR count). The van der Waals surface area contributed by atoms with E-state index in [1.54, 1.807) is 6.07 Å². The molecule has 2 N–H and O–H groups in total. The number of carbonyl (C=O) groups is 1. The maximum Gasteiger partial charge on any atom is 0.312 e. The van der Waals surface area contributed by atoms with E-state index >= 15 is 0 Å². The van der Waals surface area contributed by atoms with E-state index in [9.17, 15) is 20.0 Å². The van der Waals surface area contributed by atoms with Gasteiger partial charge in [0.1, 0.15) is 0 Å². The second-order valence-corrected chi connectivity index (χ2v) is 5.29. The topological polar surface area (TPSA) is 101 Å². The summed E-state index contributed by atoms with van der Waals surface area (Å²) in [5, 5.41) is 29.2. The number of phenolic OH excluding ortho intramolecular Hbond substituents is 1. The number of carboxylic acids is 1. The number of carboxylic acid groups (broad SMARTS) is 1. The Bertz CT molecular complexity index is 538. The third-order valence-electron chi connectivity index (χ3n) is 3.20. The highest BCUT2D eigenvalue weighted by atomic mass is 79.9. The summed E-state index contributed by atoms with van der Waals surface area (Å²) in [6.45, 7) is 0. The Morgan fingerprint density at radius 2 is 2.11 bits per heavy atom. The van der Waals surface area contributed by atoms with Crippen LogP contribution < -0.4 is 0 Å². The van der Waals surface area contributed by atoms with Crippen LogP contribution in [-0.4, -0.2) is 21.1 Å². The van der Waals surface area contributed by atoms with Crippen molar-refractivity contribution in [1.29, 1.82) is 0 Å². The van der Waals surface area contributed by atoms with E-state index in [0.717, 1.165) is 0 Å². The predicted molar refractivity (Wildman–Crippen MR) is 65.6 cm³/mol. The lowest BCUT2D eigenvalue weighted by atomic mass is 9.92. The number of nitrogens with zero attached hydrogens (tertiary/aromatic N) is 1. The van der Waals surface area contributed by atoms with Gasteiger partial charge in [-0.2, -0.15) is 0 Å². The van der Waals surface area contributed by atoms with Crippen molar-refractivity contribution in [3.63, 3.8) is 0 Å². The first kappa shape index (κ1) is 12.8. The average Bonchev–Trinajstić information content (AvgIpc) is 3.01. The number of phenols is 1. The Kier molecular flexibility index (Phi) is 3.02. The van der Waals surface area contributed by atoms with Crippen LogP contribution >= 0.6 is 15.9 Å². The van der Waals surface area contributed by atoms with E-state index in [4.69, 9.17) is 5.11 Å². The zero-order valence-corrected chi connectivity index (χ0v) is 10.8. The minimum Gasteiger partial charge on any atom is -0.501 e. The molecule has 0 radical (unpaired) electrons. The van der Waals surface area contributed by atoms with Crippen LogP contribution in [0.25, 0.3) is 0 Å². The normalized spacial score (nSPS) is 16.3. The van der Waals surface area contributed by atoms with Gasteiger partial charge in [0.15, 0.2) is 0 Å². The van der Waals surface area contributed by atoms with Crippen LogP contribution in [0.1, 0.15) is 24.8 Å². The van der Waals surface area contributed by atoms with Gasteiger partial charge in [-0.1, -0.05) is 0 Å². The molecule has 96 valence electrons. The van der Waals surface area contributed by atoms with Crippen molar-refractivity contribution in [2.75, 3.05) is 0 Å². The first-order valence-corrected chi connectivity index (χ1v) is 6.04. The fraction of sp³-hybridized carbons (Fsp3) is 0.364. The molecule has 6 nitrogen and oxygen atoms in total. The molecule has 0 amide bonds. The molecular formula is C11H10BrNO5. The zero-order chi connectivity index (χ0) is 13.5. The molecule has 7 heteroatoms. The van der Waals surface area contributed by atoms with E-state index in [1.807, 2.05) is 0 Å². The number of halogens is 1. The number of aromatic hydroxyl groups is 1. The summed E-state index contributed by atoms with van der Waals surface area (Å²) in [4.78, 5) is 20.9. The average molecular weight is 316 g/mol. The largest absolute Gasteiger partial charge is 0.501 e. The number of hydrogen-bond donors (Lipinski definition) is 2. The summed E-state index contributed by atoms with van der Waals surface area (Å²) in [6, 6.07) is 2.81. The Labute approximate surface area is 111 Å². The molecule has 0 bridgehead atoms. The van der Waals surface area contributed by atoms with Crippen molar-refractivity contribution in [2.45, 2.75) is 24.7 Å². The summed E-state index contributed by atoms with van der Waals surface area (Å²) in [5.41, 5.74) is -0.343. The highest BCUT2D eigenvalue weighted by Gasteiger charge is 2.47. The van der Waals surface area contributed by atoms with Crippen molar-refractivity contribution >= 4 is 27.6 Å². The highest BCUT2D eigenvalue weighted by Crippen LogP contribution is 2.53. The molecule has 1 aliphatic rings. The second kappa shape index (κ2) is 4.24. The molecule has 1 aromatic rings. The van der Waals surface area contributed by atoms with Crippen molar-refractivity contribution < 1.29 is 19.9 Å². The number of nitro groups is 1. The van der Waals surface area contributed by atoms with Crippen molar-refractivity contribution in [3.8, 4) is 5.75 Å². The number of benzene rings is 1. The summed E-state index contributed by atoms with van der Waals surface area (Å²) < 4.78 is 0.211. The van der Waals surface area contributed by atoms with Gasteiger partial charge in [0, 0.05) is 11.5 Å². The van der Waals surface area contributed by atoms with Crippen LogP contribution in [-0.2, 0) is 10.2 Å². The summed E-state index contributed by atoms with van der Waals surface area (Å²) in [6.07, 6.45) is 1.32. The lowest BCUT2D eigenvalue weighted by Crippen LogP contribution is -2.13. The Hall–Kier alpha value is -1.63. The third-order valence-corrected chi connectivity index (χ3v) is 3.80. The molecule has 18 heavy (non-hydrogen) atoms. The molecule has 0 atom stereocenters. The molecule has 1 fully saturated rings. The lowest BCUT2D eigenvalue weighted by Gasteiger charge is -2.13. The number of hydrogen-bond acceptors (Lipinski definition) is 4. The molecule has 1 aromatic carbocycles. The minimum atomic E-state index is -0.931. The molecule has 0 unspecified atom stereocenters. The molecular weight excluding hydrogens is 306 g/mol. The van der Waals surface area contributed by atoms with Crippen LogP contribution in [0.5, 0.6) is 5.75 Å². The van der Waals surface area contributed by atoms with E-state index in [1.165, 1.54) is 6.07 Å². The van der Waals surface area contributed by atoms with E-state index in [0.29, 0.717) is 18.4 Å². The van der Waals surface area contributed by atoms with Gasteiger partial charge < -0.3 is 10.2 Å². The second-order valence-electron chi connectivity index (χ2n) is 4.43. The lowest BCUT2D eigenvalue weighted by molar-refractivity contribution is -0.386. The van der Waals surface area contributed by atoms with Gasteiger partial charge in [0.25, 0.3) is 0 Å². The number of aliphatic carboxylic acids is 1. The quantitative estimate of drug-likeness (QED) is 0.657. The van der Waals surface area contributed by atoms with Gasteiger partial charge in [0.05, 0.1) is 15.8 Å². The molecule has 0 saturated heterocycles. The third kappa shape index (κ3) is 2.17. The van der Waals surface area contributed by atoms with E-state index in [-0.39, 0.29) is 10.9 Å². The minimum absolute atomic E-state index is 0.0542. The SMILES string of the molecule is O=C(O)CC1(c2cc(Br)c(O)c([N+](=O)[O-])c2)CC1. The Morgan fingerprint density at radius 3 is 2.56 bits per heavy atom. The van der Waals surface area contributed by atoms with Crippen molar-refractivity contribution in [3.05, 3.63) is 32.3 Å². The van der Waals surface area contributed by atoms with E-state index in [2.05, 4.69) is 15.9 Å². The molecule has 0 aromatic heterocycles. The molecule has 1 saturated carbocycles. The molecule has 1 aliphatic carbocycles. The van der Waals surface area contributed by atoms with Gasteiger partial charge in [-0.3, -0.25) is 14.9 Å². The Balaban J connectivity index is 2.47. The van der Waals surface area contributed by atoms with Gasteiger partial charge in [0.2, 0.25) is 5.75 Å². The number of nitro benzene ring substituents is 1. The van der Waals surface area contributed by atoms with Gasteiger partial charge in [-0.05, 0) is 40.4 Å². The fourth-order valence-corrected chi connectivity index (χ4v) is 2.49. The zero-order valence-electron chi connectivity index (χ0n) is 9.22. The highest BCUT2D eigenvalue weighted by molar-refractivity contribution is 9.10. The first-order chi connectivity index (χ1) is 8.35. The molecule has 0 aliphatic heterocycles. The van der Waals surface area contributed by atoms with Gasteiger partial charge >= 0.3 is 11.7 Å². The summed E-state index contributed by atoms with van der Waals surface area (Å²) in [7, 11) is 0. The maximum atomic E-state index is 10.8. The molecule has 0 spiro atoms. The number of rotatable bonds is 4. The summed E-state index contributed by atoms with van der Waals surface area (Å²) in [5.74, 6) is -1.37. The fourth-order valence-electron chi connectivity index (χ4n) is 2.04. The Morgan fingerprint density at radius 1 is 1.50 bits per heavy atom. The summed E-state index contributed by atoms with van der Waals surface area (Å²) >= 11 is 3.05. The maximum absolute atomic E-state index is 10.8. The monoisotopic (exact) mass is 315 g/mol. The van der Waals surface area contributed by atoms with Crippen molar-refractivity contribution in [1.82, 2.24) is 0 Å². The standard InChI is InChI=1S/C11H10BrNO5/c12-7-3-6(4-8(10(7)16)13(17)18)11(1-2-11)5-9(14)15/h3-4,16H,1-2,5H2,(H,14,15). The van der Waals surface area contributed by atoms with Crippen LogP contribution in [0.3, 0.4) is 0 Å². The van der Waals surface area contributed by atoms with Crippen LogP contribution in [0.4, 0.5) is 5.69 Å². The van der Waals surface area contributed by atoms with Gasteiger partial charge in [-0.15, -0.1) is 0 Å². The first-order valence-electron chi connectivity index (χ1n) is 5.25. The molecule has 0 heterocycles. The van der Waals surface area contributed by atoms with Gasteiger partial charge in [-0.25, -0.2) is 0 Å². The van der Waals surface area contributed by atoms with Crippen LogP contribution in [0.15, 0.2) is 16.6 Å². The predicted octanol–water partition coefficient (Wildman–Crippen LogP) is 2.57. The van der Waals surface area contributed by atoms with Crippen LogP contribution in [0.2, 0.25) is 0 Å². The smallest absolute Gasteiger partial charge is 0.312 e. The van der Waals surface area contributed by atoms with Crippen molar-refractivity contribution in [2.24, 2.45) is 0 Å². The van der Waals surface area contributed by atoms with Crippen LogP contribution in [0, 0.1) is 10.1 Å².